The summed E-state index contributed by atoms with van der Waals surface area (Å²) >= 11 is 5.53. The summed E-state index contributed by atoms with van der Waals surface area (Å²) in [4.78, 5) is 3.13. The number of alkyl halides is 3. The zero-order valence-electron chi connectivity index (χ0n) is 6.61. The van der Waals surface area contributed by atoms with Crippen molar-refractivity contribution in [3.05, 3.63) is 22.5 Å². The van der Waals surface area contributed by atoms with E-state index in [1.165, 1.54) is 6.92 Å². The number of nitrogens with two attached hydrogens (primary N) is 1. The maximum Gasteiger partial charge on any atom is 0.435 e. The van der Waals surface area contributed by atoms with Crippen molar-refractivity contribution in [1.29, 1.82) is 0 Å². The molecule has 0 fully saturated rings. The number of pyridine rings is 1. The van der Waals surface area contributed by atoms with E-state index in [1.807, 2.05) is 0 Å². The Kier molecular flexibility index (Phi) is 2.38. The topological polar surface area (TPSA) is 38.9 Å². The standard InChI is InChI=1S/C7H6ClF3N2/c1-3-4(8)2-13-6(5(3)12)7(9,10)11/h2H,12H2,1H3. The second kappa shape index (κ2) is 3.06. The van der Waals surface area contributed by atoms with Gasteiger partial charge in [-0.3, -0.25) is 0 Å². The molecule has 72 valence electrons. The summed E-state index contributed by atoms with van der Waals surface area (Å²) in [6.45, 7) is 1.41. The van der Waals surface area contributed by atoms with Crippen molar-refractivity contribution < 1.29 is 13.2 Å². The average Bonchev–Trinajstić information content (AvgIpc) is 1.98. The second-order valence-corrected chi connectivity index (χ2v) is 2.90. The third kappa shape index (κ3) is 1.85. The van der Waals surface area contributed by atoms with Gasteiger partial charge in [0.15, 0.2) is 5.69 Å². The lowest BCUT2D eigenvalue weighted by Gasteiger charge is -2.10. The molecule has 0 saturated carbocycles. The molecule has 0 aromatic carbocycles. The molecule has 0 aliphatic heterocycles. The van der Waals surface area contributed by atoms with Gasteiger partial charge in [-0.2, -0.15) is 13.2 Å². The minimum atomic E-state index is -4.53. The van der Waals surface area contributed by atoms with Crippen molar-refractivity contribution in [3.8, 4) is 0 Å². The van der Waals surface area contributed by atoms with Crippen LogP contribution >= 0.6 is 11.6 Å². The highest BCUT2D eigenvalue weighted by Gasteiger charge is 2.35. The molecule has 0 unspecified atom stereocenters. The molecule has 0 atom stereocenters. The third-order valence-electron chi connectivity index (χ3n) is 1.59. The van der Waals surface area contributed by atoms with E-state index in [9.17, 15) is 13.2 Å². The molecule has 1 heterocycles. The molecule has 1 aromatic rings. The van der Waals surface area contributed by atoms with Gasteiger partial charge in [-0.15, -0.1) is 0 Å². The molecule has 0 aliphatic rings. The Bertz CT molecular complexity index is 335. The van der Waals surface area contributed by atoms with E-state index < -0.39 is 17.6 Å². The van der Waals surface area contributed by atoms with Crippen molar-refractivity contribution in [2.75, 3.05) is 5.73 Å². The lowest BCUT2D eigenvalue weighted by Crippen LogP contribution is -2.12. The normalized spacial score (nSPS) is 11.8. The van der Waals surface area contributed by atoms with Crippen LogP contribution in [-0.2, 0) is 6.18 Å². The first-order valence-electron chi connectivity index (χ1n) is 3.32. The molecule has 1 rings (SSSR count). The smallest absolute Gasteiger partial charge is 0.397 e. The third-order valence-corrected chi connectivity index (χ3v) is 1.97. The van der Waals surface area contributed by atoms with Gasteiger partial charge in [0, 0.05) is 6.20 Å². The molecule has 0 amide bonds. The maximum absolute atomic E-state index is 12.2. The molecule has 0 bridgehead atoms. The van der Waals surface area contributed by atoms with Crippen LogP contribution in [0.15, 0.2) is 6.20 Å². The van der Waals surface area contributed by atoms with E-state index in [2.05, 4.69) is 4.98 Å². The largest absolute Gasteiger partial charge is 0.435 e. The van der Waals surface area contributed by atoms with Crippen molar-refractivity contribution in [2.24, 2.45) is 0 Å². The van der Waals surface area contributed by atoms with Crippen LogP contribution in [0.2, 0.25) is 5.02 Å². The summed E-state index contributed by atoms with van der Waals surface area (Å²) in [5, 5.41) is 0.130. The van der Waals surface area contributed by atoms with Crippen LogP contribution in [0, 0.1) is 6.92 Å². The first kappa shape index (κ1) is 10.1. The molecule has 0 saturated heterocycles. The SMILES string of the molecule is Cc1c(Cl)cnc(C(F)(F)F)c1N. The van der Waals surface area contributed by atoms with E-state index >= 15 is 0 Å². The Balaban J connectivity index is 3.35. The van der Waals surface area contributed by atoms with E-state index in [-0.39, 0.29) is 10.6 Å². The number of halogens is 4. The predicted molar refractivity (Wildman–Crippen MR) is 43.4 cm³/mol. The van der Waals surface area contributed by atoms with E-state index in [0.29, 0.717) is 0 Å². The summed E-state index contributed by atoms with van der Waals surface area (Å²) in [6, 6.07) is 0. The van der Waals surface area contributed by atoms with Gasteiger partial charge >= 0.3 is 6.18 Å². The predicted octanol–water partition coefficient (Wildman–Crippen LogP) is 2.64. The van der Waals surface area contributed by atoms with Crippen LogP contribution in [0.3, 0.4) is 0 Å². The summed E-state index contributed by atoms with van der Waals surface area (Å²) in [7, 11) is 0. The van der Waals surface area contributed by atoms with Gasteiger partial charge in [-0.05, 0) is 12.5 Å². The zero-order chi connectivity index (χ0) is 10.2. The molecule has 0 radical (unpaired) electrons. The fourth-order valence-corrected chi connectivity index (χ4v) is 0.970. The number of hydrogen-bond donors (Lipinski definition) is 1. The lowest BCUT2D eigenvalue weighted by molar-refractivity contribution is -0.140. The Hall–Kier alpha value is -0.970. The van der Waals surface area contributed by atoms with E-state index in [4.69, 9.17) is 17.3 Å². The van der Waals surface area contributed by atoms with E-state index in [0.717, 1.165) is 6.20 Å². The highest BCUT2D eigenvalue weighted by molar-refractivity contribution is 6.31. The molecule has 6 heteroatoms. The highest BCUT2D eigenvalue weighted by Crippen LogP contribution is 2.34. The zero-order valence-corrected chi connectivity index (χ0v) is 7.37. The molecule has 2 N–H and O–H groups in total. The summed E-state index contributed by atoms with van der Waals surface area (Å²) in [5.74, 6) is 0. The maximum atomic E-state index is 12.2. The molecular formula is C7H6ClF3N2. The van der Waals surface area contributed by atoms with Crippen LogP contribution in [0.1, 0.15) is 11.3 Å². The number of nitrogens with zero attached hydrogens (tertiary/aromatic N) is 1. The van der Waals surface area contributed by atoms with E-state index in [1.54, 1.807) is 0 Å². The highest BCUT2D eigenvalue weighted by atomic mass is 35.5. The number of nitrogen functional groups attached to an aromatic ring is 1. The van der Waals surface area contributed by atoms with Crippen molar-refractivity contribution in [1.82, 2.24) is 4.98 Å². The molecule has 1 aromatic heterocycles. The number of anilines is 1. The van der Waals surface area contributed by atoms with Gasteiger partial charge in [0.2, 0.25) is 0 Å². The number of aromatic nitrogens is 1. The van der Waals surface area contributed by atoms with Crippen molar-refractivity contribution in [3.63, 3.8) is 0 Å². The Morgan fingerprint density at radius 1 is 1.46 bits per heavy atom. The Morgan fingerprint density at radius 2 is 2.00 bits per heavy atom. The van der Waals surface area contributed by atoms with Crippen LogP contribution < -0.4 is 5.73 Å². The van der Waals surface area contributed by atoms with Gasteiger partial charge in [0.1, 0.15) is 0 Å². The van der Waals surface area contributed by atoms with Gasteiger partial charge in [0.25, 0.3) is 0 Å². The van der Waals surface area contributed by atoms with Gasteiger partial charge in [0.05, 0.1) is 10.7 Å². The fourth-order valence-electron chi connectivity index (χ4n) is 0.820. The first-order valence-corrected chi connectivity index (χ1v) is 3.69. The number of hydrogen-bond acceptors (Lipinski definition) is 2. The molecule has 13 heavy (non-hydrogen) atoms. The molecule has 2 nitrogen and oxygen atoms in total. The summed E-state index contributed by atoms with van der Waals surface area (Å²) < 4.78 is 36.5. The Labute approximate surface area is 77.5 Å². The monoisotopic (exact) mass is 210 g/mol. The molecular weight excluding hydrogens is 205 g/mol. The Morgan fingerprint density at radius 3 is 2.46 bits per heavy atom. The summed E-state index contributed by atoms with van der Waals surface area (Å²) in [5.41, 5.74) is 3.90. The number of rotatable bonds is 0. The van der Waals surface area contributed by atoms with Gasteiger partial charge in [-0.25, -0.2) is 4.98 Å². The first-order chi connectivity index (χ1) is 5.84. The minimum Gasteiger partial charge on any atom is -0.397 e. The van der Waals surface area contributed by atoms with Crippen LogP contribution in [0.25, 0.3) is 0 Å². The van der Waals surface area contributed by atoms with Crippen molar-refractivity contribution in [2.45, 2.75) is 13.1 Å². The van der Waals surface area contributed by atoms with Crippen molar-refractivity contribution >= 4 is 17.3 Å². The molecule has 0 spiro atoms. The van der Waals surface area contributed by atoms with Crippen LogP contribution in [0.5, 0.6) is 0 Å². The van der Waals surface area contributed by atoms with Gasteiger partial charge in [-0.1, -0.05) is 11.6 Å². The van der Waals surface area contributed by atoms with Crippen LogP contribution in [0.4, 0.5) is 18.9 Å². The average molecular weight is 211 g/mol. The summed E-state index contributed by atoms with van der Waals surface area (Å²) in [6.07, 6.45) is -3.59. The minimum absolute atomic E-state index is 0.130. The van der Waals surface area contributed by atoms with Gasteiger partial charge < -0.3 is 5.73 Å². The lowest BCUT2D eigenvalue weighted by atomic mass is 10.2. The molecule has 0 aliphatic carbocycles. The fraction of sp³-hybridized carbons (Fsp3) is 0.286. The quantitative estimate of drug-likeness (QED) is 0.715. The van der Waals surface area contributed by atoms with Crippen LogP contribution in [-0.4, -0.2) is 4.98 Å². The second-order valence-electron chi connectivity index (χ2n) is 2.49.